The number of nitro groups is 2. The van der Waals surface area contributed by atoms with E-state index in [1.54, 1.807) is 5.57 Å². The van der Waals surface area contributed by atoms with E-state index in [0.29, 0.717) is 5.92 Å². The van der Waals surface area contributed by atoms with Crippen molar-refractivity contribution in [3.05, 3.63) is 49.6 Å². The fourth-order valence-corrected chi connectivity index (χ4v) is 4.16. The number of nitro benzene ring substituents is 2. The number of anilines is 1. The second-order valence-electron chi connectivity index (χ2n) is 8.05. The van der Waals surface area contributed by atoms with Crippen molar-refractivity contribution in [2.45, 2.75) is 72.6 Å². The highest BCUT2D eigenvalue weighted by Gasteiger charge is 2.31. The molecule has 30 heavy (non-hydrogen) atoms. The minimum Gasteiger partial charge on any atom is -0.272 e. The molecule has 1 aliphatic carbocycles. The highest BCUT2D eigenvalue weighted by atomic mass is 16.6. The van der Waals surface area contributed by atoms with Crippen molar-refractivity contribution >= 4 is 22.8 Å². The second-order valence-corrected chi connectivity index (χ2v) is 8.05. The van der Waals surface area contributed by atoms with Gasteiger partial charge < -0.3 is 0 Å². The van der Waals surface area contributed by atoms with Crippen molar-refractivity contribution in [3.63, 3.8) is 0 Å². The summed E-state index contributed by atoms with van der Waals surface area (Å²) in [5.41, 5.74) is 6.19. The van der Waals surface area contributed by atoms with Crippen LogP contribution in [0.4, 0.5) is 17.1 Å². The lowest BCUT2D eigenvalue weighted by molar-refractivity contribution is -0.393. The molecular weight excluding hydrogens is 384 g/mol. The van der Waals surface area contributed by atoms with Gasteiger partial charge >= 0.3 is 5.69 Å². The lowest BCUT2D eigenvalue weighted by Crippen LogP contribution is -2.29. The van der Waals surface area contributed by atoms with Gasteiger partial charge in [-0.25, -0.2) is 0 Å². The molecule has 0 heterocycles. The van der Waals surface area contributed by atoms with Gasteiger partial charge in [0.05, 0.1) is 15.9 Å². The van der Waals surface area contributed by atoms with Gasteiger partial charge in [0.15, 0.2) is 0 Å². The quantitative estimate of drug-likeness (QED) is 0.261. The number of benzene rings is 1. The highest BCUT2D eigenvalue weighted by Crippen LogP contribution is 2.39. The molecule has 8 heteroatoms. The number of rotatable bonds is 10. The number of unbranched alkanes of at least 4 members (excludes halogenated alkanes) is 2. The lowest BCUT2D eigenvalue weighted by atomic mass is 9.71. The summed E-state index contributed by atoms with van der Waals surface area (Å²) >= 11 is 0. The van der Waals surface area contributed by atoms with Crippen LogP contribution in [0.25, 0.3) is 0 Å². The first kappa shape index (κ1) is 23.5. The summed E-state index contributed by atoms with van der Waals surface area (Å²) in [4.78, 5) is 21.0. The largest absolute Gasteiger partial charge is 0.301 e. The molecule has 1 aromatic rings. The molecule has 1 aromatic carbocycles. The molecule has 0 spiro atoms. The first-order chi connectivity index (χ1) is 14.3. The summed E-state index contributed by atoms with van der Waals surface area (Å²) in [6, 6.07) is 3.56. The van der Waals surface area contributed by atoms with E-state index in [-0.39, 0.29) is 23.0 Å². The molecule has 8 nitrogen and oxygen atoms in total. The Balaban J connectivity index is 2.32. The molecule has 1 N–H and O–H groups in total. The van der Waals surface area contributed by atoms with Gasteiger partial charge in [-0.15, -0.1) is 0 Å². The SMILES string of the molecule is CCCCC1=C(C)C/C(=N\Nc2ccc([N+](=O)[O-])cc2[N+](=O)[O-])[C@@H](C)[C@H]1CCCC. The molecule has 164 valence electrons. The standard InChI is InChI=1S/C22H32N4O4/c1-5-7-9-18-15(3)13-21(16(4)19(18)10-8-6-2)24-23-20-12-11-17(25(27)28)14-22(20)26(29)30/h11-12,14,16,19,23H,5-10,13H2,1-4H3/b24-21+/t16-,19+/m0/s1. The van der Waals surface area contributed by atoms with Gasteiger partial charge in [-0.05, 0) is 38.2 Å². The van der Waals surface area contributed by atoms with Crippen molar-refractivity contribution in [2.75, 3.05) is 5.43 Å². The topological polar surface area (TPSA) is 111 Å². The Morgan fingerprint density at radius 2 is 1.83 bits per heavy atom. The maximum atomic E-state index is 11.4. The Kier molecular flexibility index (Phi) is 8.50. The molecule has 2 rings (SSSR count). The molecule has 0 fully saturated rings. The van der Waals surface area contributed by atoms with Crippen LogP contribution in [0, 0.1) is 32.1 Å². The second kappa shape index (κ2) is 10.8. The maximum absolute atomic E-state index is 11.4. The normalized spacial score (nSPS) is 20.5. The minimum atomic E-state index is -0.643. The zero-order valence-corrected chi connectivity index (χ0v) is 18.3. The molecule has 2 atom stereocenters. The van der Waals surface area contributed by atoms with Gasteiger partial charge in [-0.3, -0.25) is 25.7 Å². The molecule has 0 aromatic heterocycles. The number of hydrazone groups is 1. The highest BCUT2D eigenvalue weighted by molar-refractivity contribution is 5.91. The van der Waals surface area contributed by atoms with Crippen LogP contribution in [0.5, 0.6) is 0 Å². The van der Waals surface area contributed by atoms with Crippen LogP contribution in [-0.4, -0.2) is 15.6 Å². The fraction of sp³-hybridized carbons (Fsp3) is 0.591. The summed E-state index contributed by atoms with van der Waals surface area (Å²) in [5.74, 6) is 0.689. The Morgan fingerprint density at radius 1 is 1.13 bits per heavy atom. The predicted molar refractivity (Wildman–Crippen MR) is 120 cm³/mol. The number of non-ortho nitro benzene ring substituents is 1. The van der Waals surface area contributed by atoms with Gasteiger partial charge in [-0.1, -0.05) is 51.2 Å². The average Bonchev–Trinajstić information content (AvgIpc) is 2.71. The molecule has 0 amide bonds. The third kappa shape index (κ3) is 5.64. The van der Waals surface area contributed by atoms with E-state index in [9.17, 15) is 20.2 Å². The van der Waals surface area contributed by atoms with Gasteiger partial charge in [0, 0.05) is 24.1 Å². The summed E-state index contributed by atoms with van der Waals surface area (Å²) in [7, 11) is 0. The minimum absolute atomic E-state index is 0.161. The van der Waals surface area contributed by atoms with Crippen molar-refractivity contribution < 1.29 is 9.85 Å². The van der Waals surface area contributed by atoms with Gasteiger partial charge in [0.1, 0.15) is 5.69 Å². The molecule has 0 bridgehead atoms. The first-order valence-electron chi connectivity index (χ1n) is 10.7. The van der Waals surface area contributed by atoms with E-state index in [1.807, 2.05) is 0 Å². The number of hydrogen-bond donors (Lipinski definition) is 1. The zero-order valence-electron chi connectivity index (χ0n) is 18.3. The summed E-state index contributed by atoms with van der Waals surface area (Å²) in [6.45, 7) is 8.75. The van der Waals surface area contributed by atoms with E-state index in [0.717, 1.165) is 50.3 Å². The van der Waals surface area contributed by atoms with Crippen LogP contribution in [0.1, 0.15) is 72.6 Å². The van der Waals surface area contributed by atoms with Gasteiger partial charge in [0.2, 0.25) is 0 Å². The van der Waals surface area contributed by atoms with Crippen molar-refractivity contribution in [3.8, 4) is 0 Å². The number of nitrogens with zero attached hydrogens (tertiary/aromatic N) is 3. The summed E-state index contributed by atoms with van der Waals surface area (Å²) in [6.07, 6.45) is 7.63. The van der Waals surface area contributed by atoms with Crippen LogP contribution in [0.3, 0.4) is 0 Å². The monoisotopic (exact) mass is 416 g/mol. The van der Waals surface area contributed by atoms with E-state index in [2.05, 4.69) is 38.2 Å². The molecular formula is C22H32N4O4. The Bertz CT molecular complexity index is 848. The van der Waals surface area contributed by atoms with Crippen LogP contribution < -0.4 is 5.43 Å². The van der Waals surface area contributed by atoms with Crippen LogP contribution in [0.15, 0.2) is 34.4 Å². The summed E-state index contributed by atoms with van der Waals surface area (Å²) in [5, 5.41) is 26.8. The predicted octanol–water partition coefficient (Wildman–Crippen LogP) is 6.62. The third-order valence-corrected chi connectivity index (χ3v) is 5.95. The van der Waals surface area contributed by atoms with E-state index < -0.39 is 9.85 Å². The van der Waals surface area contributed by atoms with E-state index in [4.69, 9.17) is 0 Å². The molecule has 0 radical (unpaired) electrons. The van der Waals surface area contributed by atoms with Crippen LogP contribution in [-0.2, 0) is 0 Å². The van der Waals surface area contributed by atoms with Crippen LogP contribution in [0.2, 0.25) is 0 Å². The Labute approximate surface area is 177 Å². The maximum Gasteiger partial charge on any atom is 0.301 e. The Morgan fingerprint density at radius 3 is 2.43 bits per heavy atom. The fourth-order valence-electron chi connectivity index (χ4n) is 4.16. The number of hydrogen-bond acceptors (Lipinski definition) is 6. The van der Waals surface area contributed by atoms with Crippen molar-refractivity contribution in [2.24, 2.45) is 16.9 Å². The van der Waals surface area contributed by atoms with Crippen LogP contribution >= 0.6 is 0 Å². The summed E-state index contributed by atoms with van der Waals surface area (Å²) < 4.78 is 0. The van der Waals surface area contributed by atoms with Gasteiger partial charge in [0.25, 0.3) is 5.69 Å². The first-order valence-corrected chi connectivity index (χ1v) is 10.7. The van der Waals surface area contributed by atoms with Gasteiger partial charge in [-0.2, -0.15) is 5.10 Å². The van der Waals surface area contributed by atoms with Crippen molar-refractivity contribution in [1.29, 1.82) is 0 Å². The molecule has 0 unspecified atom stereocenters. The molecule has 0 saturated heterocycles. The van der Waals surface area contributed by atoms with E-state index >= 15 is 0 Å². The molecule has 0 aliphatic heterocycles. The number of allylic oxidation sites excluding steroid dienone is 2. The zero-order chi connectivity index (χ0) is 22.3. The lowest BCUT2D eigenvalue weighted by Gasteiger charge is -2.34. The smallest absolute Gasteiger partial charge is 0.272 e. The third-order valence-electron chi connectivity index (χ3n) is 5.95. The Hall–Kier alpha value is -2.77. The van der Waals surface area contributed by atoms with Crippen molar-refractivity contribution in [1.82, 2.24) is 0 Å². The molecule has 0 saturated carbocycles. The van der Waals surface area contributed by atoms with E-state index in [1.165, 1.54) is 24.1 Å². The number of nitrogens with one attached hydrogen (secondary N) is 1. The average molecular weight is 417 g/mol. The molecule has 1 aliphatic rings.